The van der Waals surface area contributed by atoms with Crippen LogP contribution in [0.15, 0.2) is 36.4 Å². The van der Waals surface area contributed by atoms with Crippen LogP contribution in [0.1, 0.15) is 48.9 Å². The molecule has 2 rings (SSSR count). The molecule has 2 aromatic rings. The summed E-state index contributed by atoms with van der Waals surface area (Å²) in [4.78, 5) is 0. The Morgan fingerprint density at radius 2 is 0.943 bits per heavy atom. The molecule has 6 nitrogen and oxygen atoms in total. The van der Waals surface area contributed by atoms with E-state index in [0.29, 0.717) is 0 Å². The van der Waals surface area contributed by atoms with Crippen molar-refractivity contribution in [3.05, 3.63) is 58.7 Å². The van der Waals surface area contributed by atoms with E-state index in [9.17, 15) is 26.3 Å². The van der Waals surface area contributed by atoms with E-state index >= 15 is 0 Å². The van der Waals surface area contributed by atoms with Gasteiger partial charge in [-0.1, -0.05) is 53.4 Å². The summed E-state index contributed by atoms with van der Waals surface area (Å²) in [5, 5.41) is 0. The molecule has 0 aliphatic rings. The molecule has 2 aromatic carbocycles. The SMILES string of the molecule is CCC[c-]1cccc1C.CCC[c-]1cccc1C.O=S(=O)([O-])C(F)(F)F.O=S(=O)([O-])C(F)(F)F.[Zr+4]. The Labute approximate surface area is 221 Å². The molecule has 0 bridgehead atoms. The molecule has 0 saturated heterocycles. The van der Waals surface area contributed by atoms with Crippen LogP contribution in [-0.4, -0.2) is 37.0 Å². The van der Waals surface area contributed by atoms with Crippen LogP contribution >= 0.6 is 0 Å². The van der Waals surface area contributed by atoms with Gasteiger partial charge in [0.05, 0.1) is 0 Å². The minimum atomic E-state index is -6.09. The van der Waals surface area contributed by atoms with Gasteiger partial charge in [0.15, 0.2) is 20.2 Å². The molecular formula is C20H26F6O6S2Zr. The fourth-order valence-corrected chi connectivity index (χ4v) is 2.19. The van der Waals surface area contributed by atoms with Crippen molar-refractivity contribution in [2.45, 2.75) is 64.4 Å². The smallest absolute Gasteiger partial charge is 0.741 e. The van der Waals surface area contributed by atoms with Gasteiger partial charge in [0.2, 0.25) is 0 Å². The van der Waals surface area contributed by atoms with Gasteiger partial charge in [-0.25, -0.2) is 41.1 Å². The fourth-order valence-electron chi connectivity index (χ4n) is 2.19. The van der Waals surface area contributed by atoms with Gasteiger partial charge in [0.1, 0.15) is 0 Å². The minimum absolute atomic E-state index is 0. The van der Waals surface area contributed by atoms with E-state index in [-0.39, 0.29) is 26.2 Å². The first-order chi connectivity index (χ1) is 15.2. The number of hydrogen-bond donors (Lipinski definition) is 0. The Bertz CT molecular complexity index is 955. The quantitative estimate of drug-likeness (QED) is 0.192. The zero-order valence-electron chi connectivity index (χ0n) is 19.3. The predicted octanol–water partition coefficient (Wildman–Crippen LogP) is 5.43. The molecule has 0 aromatic heterocycles. The van der Waals surface area contributed by atoms with Crippen LogP contribution in [0.4, 0.5) is 26.3 Å². The third-order valence-electron chi connectivity index (χ3n) is 3.91. The summed E-state index contributed by atoms with van der Waals surface area (Å²) >= 11 is 0. The van der Waals surface area contributed by atoms with Crippen molar-refractivity contribution < 1.29 is 78.5 Å². The first-order valence-corrected chi connectivity index (χ1v) is 12.5. The van der Waals surface area contributed by atoms with Crippen LogP contribution in [-0.2, 0) is 59.3 Å². The van der Waals surface area contributed by atoms with Gasteiger partial charge >= 0.3 is 37.2 Å². The summed E-state index contributed by atoms with van der Waals surface area (Å²) in [5.41, 5.74) is -5.39. The molecule has 0 unspecified atom stereocenters. The third kappa shape index (κ3) is 17.1. The number of hydrogen-bond acceptors (Lipinski definition) is 6. The zero-order chi connectivity index (χ0) is 27.4. The average molecular weight is 632 g/mol. The fraction of sp³-hybridized carbons (Fsp3) is 0.500. The molecule has 0 amide bonds. The maximum Gasteiger partial charge on any atom is 4.00 e. The summed E-state index contributed by atoms with van der Waals surface area (Å²) in [6.45, 7) is 8.77. The summed E-state index contributed by atoms with van der Waals surface area (Å²) in [5.74, 6) is 0. The zero-order valence-corrected chi connectivity index (χ0v) is 23.4. The number of halogens is 6. The molecule has 0 fully saturated rings. The maximum atomic E-state index is 10.7. The van der Waals surface area contributed by atoms with Crippen LogP contribution < -0.4 is 0 Å². The molecule has 0 N–H and O–H groups in total. The first-order valence-electron chi connectivity index (χ1n) is 9.65. The molecule has 0 aliphatic carbocycles. The van der Waals surface area contributed by atoms with E-state index in [0.717, 1.165) is 0 Å². The van der Waals surface area contributed by atoms with Crippen LogP contribution in [0.2, 0.25) is 0 Å². The molecule has 35 heavy (non-hydrogen) atoms. The van der Waals surface area contributed by atoms with Gasteiger partial charge < -0.3 is 9.11 Å². The van der Waals surface area contributed by atoms with E-state index in [1.807, 2.05) is 0 Å². The van der Waals surface area contributed by atoms with E-state index in [4.69, 9.17) is 25.9 Å². The van der Waals surface area contributed by atoms with E-state index in [2.05, 4.69) is 64.1 Å². The van der Waals surface area contributed by atoms with Crippen LogP contribution in [0, 0.1) is 13.8 Å². The van der Waals surface area contributed by atoms with Gasteiger partial charge in [0.25, 0.3) is 0 Å². The Morgan fingerprint density at radius 3 is 1.06 bits per heavy atom. The molecule has 0 aliphatic heterocycles. The molecule has 200 valence electrons. The normalized spacial score (nSPS) is 11.5. The maximum absolute atomic E-state index is 10.7. The Morgan fingerprint density at radius 1 is 0.714 bits per heavy atom. The second kappa shape index (κ2) is 16.7. The minimum Gasteiger partial charge on any atom is -0.741 e. The number of aryl methyl sites for hydroxylation is 4. The van der Waals surface area contributed by atoms with E-state index < -0.39 is 31.3 Å². The molecular weight excluding hydrogens is 606 g/mol. The van der Waals surface area contributed by atoms with E-state index in [1.54, 1.807) is 0 Å². The van der Waals surface area contributed by atoms with Gasteiger partial charge in [-0.2, -0.15) is 60.7 Å². The van der Waals surface area contributed by atoms with E-state index in [1.165, 1.54) is 47.9 Å². The Hall–Kier alpha value is -1.02. The largest absolute Gasteiger partial charge is 4.00 e. The van der Waals surface area contributed by atoms with Crippen molar-refractivity contribution in [2.75, 3.05) is 0 Å². The summed E-state index contributed by atoms with van der Waals surface area (Å²) in [6, 6.07) is 13.0. The molecule has 0 radical (unpaired) electrons. The van der Waals surface area contributed by atoms with Crippen molar-refractivity contribution in [2.24, 2.45) is 0 Å². The number of rotatable bonds is 4. The van der Waals surface area contributed by atoms with Gasteiger partial charge in [-0.3, -0.25) is 0 Å². The summed E-state index contributed by atoms with van der Waals surface area (Å²) in [6.07, 6.45) is 4.98. The standard InChI is InChI=1S/2C9H13.2CHF3O3S.Zr/c2*1-3-5-9-7-4-6-8(9)2;2*2-1(3,4)8(5,6)7;/h2*4,6-7H,3,5H2,1-2H3;2*(H,5,6,7);/q2*-1;;;+4/p-2. The molecule has 0 spiro atoms. The molecule has 0 atom stereocenters. The van der Waals surface area contributed by atoms with Crippen LogP contribution in [0.3, 0.4) is 0 Å². The molecule has 0 heterocycles. The van der Waals surface area contributed by atoms with Gasteiger partial charge in [0, 0.05) is 0 Å². The van der Waals surface area contributed by atoms with Crippen LogP contribution in [0.5, 0.6) is 0 Å². The average Bonchev–Trinajstić information content (AvgIpc) is 3.23. The van der Waals surface area contributed by atoms with Crippen molar-refractivity contribution in [1.29, 1.82) is 0 Å². The summed E-state index contributed by atoms with van der Waals surface area (Å²) < 4.78 is 118. The second-order valence-electron chi connectivity index (χ2n) is 6.77. The van der Waals surface area contributed by atoms with Crippen molar-refractivity contribution >= 4 is 20.2 Å². The monoisotopic (exact) mass is 630 g/mol. The molecule has 0 saturated carbocycles. The Kier molecular flexibility index (Phi) is 18.3. The van der Waals surface area contributed by atoms with Crippen LogP contribution in [0.25, 0.3) is 0 Å². The summed E-state index contributed by atoms with van der Waals surface area (Å²) in [7, 11) is -12.2. The predicted molar refractivity (Wildman–Crippen MR) is 113 cm³/mol. The number of alkyl halides is 6. The second-order valence-corrected chi connectivity index (χ2v) is 9.51. The third-order valence-corrected chi connectivity index (χ3v) is 5.04. The Balaban J connectivity index is -0.000000387. The van der Waals surface area contributed by atoms with Crippen molar-refractivity contribution in [3.8, 4) is 0 Å². The molecule has 15 heteroatoms. The van der Waals surface area contributed by atoms with Gasteiger partial charge in [-0.15, -0.1) is 0 Å². The van der Waals surface area contributed by atoms with Crippen molar-refractivity contribution in [1.82, 2.24) is 0 Å². The van der Waals surface area contributed by atoms with Gasteiger partial charge in [-0.05, 0) is 0 Å². The van der Waals surface area contributed by atoms with Crippen molar-refractivity contribution in [3.63, 3.8) is 0 Å². The first kappa shape index (κ1) is 38.5. The topological polar surface area (TPSA) is 114 Å².